The van der Waals surface area contributed by atoms with Crippen molar-refractivity contribution in [2.24, 2.45) is 4.99 Å². The molecule has 0 radical (unpaired) electrons. The number of hydrogen-bond donors (Lipinski definition) is 0. The highest BCUT2D eigenvalue weighted by atomic mass is 79.9. The molecule has 0 bridgehead atoms. The number of benzene rings is 1. The number of halogens is 1. The van der Waals surface area contributed by atoms with Gasteiger partial charge in [-0.2, -0.15) is 0 Å². The second-order valence-electron chi connectivity index (χ2n) is 4.39. The lowest BCUT2D eigenvalue weighted by molar-refractivity contribution is 0.421. The molecule has 0 unspecified atom stereocenters. The van der Waals surface area contributed by atoms with Crippen molar-refractivity contribution in [1.82, 2.24) is 0 Å². The third-order valence-corrected chi connectivity index (χ3v) is 3.25. The lowest BCUT2D eigenvalue weighted by atomic mass is 10.2. The van der Waals surface area contributed by atoms with E-state index in [9.17, 15) is 0 Å². The van der Waals surface area contributed by atoms with Gasteiger partial charge in [0.1, 0.15) is 0 Å². The maximum atomic E-state index is 5.63. The molecule has 1 rings (SSSR count). The summed E-state index contributed by atoms with van der Waals surface area (Å²) < 4.78 is 6.64. The second kappa shape index (κ2) is 5.45. The smallest absolute Gasteiger partial charge is 0.244 e. The lowest BCUT2D eigenvalue weighted by Crippen LogP contribution is -2.24. The molecule has 0 fully saturated rings. The Kier molecular flexibility index (Phi) is 4.50. The summed E-state index contributed by atoms with van der Waals surface area (Å²) in [5, 5.41) is 0. The molecule has 0 aliphatic carbocycles. The maximum absolute atomic E-state index is 5.63. The predicted molar refractivity (Wildman–Crippen MR) is 75.3 cm³/mol. The van der Waals surface area contributed by atoms with Crippen LogP contribution >= 0.6 is 15.9 Å². The molecule has 0 saturated heterocycles. The van der Waals surface area contributed by atoms with Crippen molar-refractivity contribution in [3.05, 3.63) is 46.8 Å². The topological polar surface area (TPSA) is 21.6 Å². The Morgan fingerprint density at radius 3 is 2.56 bits per heavy atom. The third kappa shape index (κ3) is 4.77. The van der Waals surface area contributed by atoms with Gasteiger partial charge in [-0.05, 0) is 32.3 Å². The van der Waals surface area contributed by atoms with Crippen LogP contribution in [0.15, 0.2) is 46.2 Å². The van der Waals surface area contributed by atoms with E-state index in [1.165, 1.54) is 0 Å². The number of aliphatic imine (C=N–C) groups is 1. The van der Waals surface area contributed by atoms with Crippen LogP contribution in [0.3, 0.4) is 0 Å². The lowest BCUT2D eigenvalue weighted by Gasteiger charge is -2.17. The zero-order valence-electron chi connectivity index (χ0n) is 9.83. The van der Waals surface area contributed by atoms with Crippen molar-refractivity contribution >= 4 is 30.5 Å². The molecule has 4 heteroatoms. The van der Waals surface area contributed by atoms with Gasteiger partial charge in [0.15, 0.2) is 5.88 Å². The fourth-order valence-corrected chi connectivity index (χ4v) is 2.25. The van der Waals surface area contributed by atoms with E-state index < -0.39 is 8.32 Å². The molecule has 0 spiro atoms. The van der Waals surface area contributed by atoms with Crippen molar-refractivity contribution < 1.29 is 4.43 Å². The molecule has 0 heterocycles. The van der Waals surface area contributed by atoms with Crippen LogP contribution in [0.5, 0.6) is 0 Å². The van der Waals surface area contributed by atoms with Crippen molar-refractivity contribution in [3.63, 3.8) is 0 Å². The first-order chi connectivity index (χ1) is 7.38. The minimum atomic E-state index is -1.60. The van der Waals surface area contributed by atoms with Crippen LogP contribution in [0.1, 0.15) is 5.56 Å². The number of nitrogens with zero attached hydrogens (tertiary/aromatic N) is 1. The molecule has 86 valence electrons. The van der Waals surface area contributed by atoms with Gasteiger partial charge >= 0.3 is 0 Å². The first-order valence-corrected chi connectivity index (χ1v) is 9.25. The van der Waals surface area contributed by atoms with Crippen molar-refractivity contribution in [1.29, 1.82) is 0 Å². The molecule has 0 aliphatic heterocycles. The molecular formula is C12H16BrNOSi. The molecule has 2 nitrogen and oxygen atoms in total. The number of hydrogen-bond acceptors (Lipinski definition) is 2. The minimum absolute atomic E-state index is 0.481. The Balaban J connectivity index is 2.68. The van der Waals surface area contributed by atoms with Crippen LogP contribution in [0.4, 0.5) is 0 Å². The van der Waals surface area contributed by atoms with Crippen LogP contribution in [0.2, 0.25) is 19.6 Å². The van der Waals surface area contributed by atoms with Crippen molar-refractivity contribution in [2.45, 2.75) is 19.6 Å². The number of rotatable bonds is 4. The molecule has 0 aromatic heterocycles. The first kappa shape index (κ1) is 13.2. The second-order valence-corrected chi connectivity index (χ2v) is 9.67. The third-order valence-electron chi connectivity index (χ3n) is 1.68. The highest BCUT2D eigenvalue weighted by molar-refractivity contribution is 9.10. The molecule has 1 aromatic rings. The highest BCUT2D eigenvalue weighted by Gasteiger charge is 2.16. The van der Waals surface area contributed by atoms with E-state index in [2.05, 4.69) is 47.1 Å². The summed E-state index contributed by atoms with van der Waals surface area (Å²) in [4.78, 5) is 4.20. The predicted octanol–water partition coefficient (Wildman–Crippen LogP) is 4.19. The zero-order chi connectivity index (χ0) is 12.2. The fourth-order valence-electron chi connectivity index (χ4n) is 1.10. The van der Waals surface area contributed by atoms with E-state index in [0.717, 1.165) is 10.0 Å². The monoisotopic (exact) mass is 297 g/mol. The Morgan fingerprint density at radius 2 is 2.00 bits per heavy atom. The molecule has 0 amide bonds. The van der Waals surface area contributed by atoms with E-state index in [-0.39, 0.29) is 0 Å². The van der Waals surface area contributed by atoms with Gasteiger partial charge in [0.2, 0.25) is 8.32 Å². The quantitative estimate of drug-likeness (QED) is 0.464. The van der Waals surface area contributed by atoms with Gasteiger partial charge in [-0.3, -0.25) is 0 Å². The van der Waals surface area contributed by atoms with Gasteiger partial charge < -0.3 is 4.43 Å². The van der Waals surface area contributed by atoms with E-state index in [1.54, 1.807) is 6.21 Å². The molecule has 1 aromatic carbocycles. The molecule has 0 aliphatic rings. The van der Waals surface area contributed by atoms with E-state index in [4.69, 9.17) is 4.43 Å². The Hall–Kier alpha value is -0.873. The minimum Gasteiger partial charge on any atom is -0.532 e. The summed E-state index contributed by atoms with van der Waals surface area (Å²) >= 11 is 3.45. The van der Waals surface area contributed by atoms with Crippen molar-refractivity contribution in [3.8, 4) is 0 Å². The summed E-state index contributed by atoms with van der Waals surface area (Å²) in [5.74, 6) is 0.481. The SMILES string of the molecule is C=C(N=Cc1ccccc1Br)O[Si](C)(C)C. The van der Waals surface area contributed by atoms with Gasteiger partial charge in [0.05, 0.1) is 0 Å². The largest absolute Gasteiger partial charge is 0.532 e. The standard InChI is InChI=1S/C12H16BrNOSi/c1-10(15-16(2,3)4)14-9-11-7-5-6-8-12(11)13/h5-9H,1H2,2-4H3. The van der Waals surface area contributed by atoms with Gasteiger partial charge in [0, 0.05) is 16.3 Å². The van der Waals surface area contributed by atoms with Gasteiger partial charge in [-0.15, -0.1) is 0 Å². The van der Waals surface area contributed by atoms with Crippen LogP contribution in [-0.2, 0) is 4.43 Å². The fraction of sp³-hybridized carbons (Fsp3) is 0.250. The highest BCUT2D eigenvalue weighted by Crippen LogP contribution is 2.15. The van der Waals surface area contributed by atoms with E-state index in [0.29, 0.717) is 5.88 Å². The van der Waals surface area contributed by atoms with E-state index >= 15 is 0 Å². The summed E-state index contributed by atoms with van der Waals surface area (Å²) in [6.07, 6.45) is 1.76. The maximum Gasteiger partial charge on any atom is 0.244 e. The van der Waals surface area contributed by atoms with Gasteiger partial charge in [0.25, 0.3) is 0 Å². The van der Waals surface area contributed by atoms with E-state index in [1.807, 2.05) is 24.3 Å². The average Bonchev–Trinajstić information content (AvgIpc) is 2.14. The Morgan fingerprint density at radius 1 is 1.38 bits per heavy atom. The average molecular weight is 298 g/mol. The Labute approximate surface area is 106 Å². The molecule has 0 atom stereocenters. The summed E-state index contributed by atoms with van der Waals surface area (Å²) in [6.45, 7) is 10.1. The van der Waals surface area contributed by atoms with Crippen LogP contribution < -0.4 is 0 Å². The van der Waals surface area contributed by atoms with Crippen LogP contribution in [-0.4, -0.2) is 14.5 Å². The molecular weight excluding hydrogens is 282 g/mol. The van der Waals surface area contributed by atoms with Gasteiger partial charge in [-0.1, -0.05) is 34.1 Å². The Bertz CT molecular complexity index is 410. The molecule has 16 heavy (non-hydrogen) atoms. The summed E-state index contributed by atoms with van der Waals surface area (Å²) in [6, 6.07) is 7.89. The molecule has 0 saturated carbocycles. The van der Waals surface area contributed by atoms with Crippen LogP contribution in [0, 0.1) is 0 Å². The van der Waals surface area contributed by atoms with Gasteiger partial charge in [-0.25, -0.2) is 4.99 Å². The molecule has 0 N–H and O–H groups in total. The zero-order valence-corrected chi connectivity index (χ0v) is 12.4. The normalized spacial score (nSPS) is 11.8. The summed E-state index contributed by atoms with van der Waals surface area (Å²) in [5.41, 5.74) is 1.02. The first-order valence-electron chi connectivity index (χ1n) is 5.05. The van der Waals surface area contributed by atoms with Crippen LogP contribution in [0.25, 0.3) is 0 Å². The summed E-state index contributed by atoms with van der Waals surface area (Å²) in [7, 11) is -1.60. The van der Waals surface area contributed by atoms with Crippen molar-refractivity contribution in [2.75, 3.05) is 0 Å².